The monoisotopic (exact) mass is 527 g/mol. The van der Waals surface area contributed by atoms with Gasteiger partial charge >= 0.3 is 0 Å². The van der Waals surface area contributed by atoms with Crippen LogP contribution in [-0.2, 0) is 4.79 Å². The number of rotatable bonds is 7. The Morgan fingerprint density at radius 2 is 1.85 bits per heavy atom. The first-order chi connectivity index (χ1) is 19.0. The van der Waals surface area contributed by atoms with Crippen LogP contribution in [0.15, 0.2) is 55.0 Å². The quantitative estimate of drug-likeness (QED) is 0.379. The molecule has 0 spiro atoms. The van der Waals surface area contributed by atoms with Crippen LogP contribution in [0, 0.1) is 5.92 Å². The van der Waals surface area contributed by atoms with Gasteiger partial charge in [-0.25, -0.2) is 4.98 Å². The van der Waals surface area contributed by atoms with E-state index in [4.69, 9.17) is 10.5 Å². The van der Waals surface area contributed by atoms with Crippen LogP contribution in [0.2, 0.25) is 0 Å². The molecule has 0 radical (unpaired) electrons. The number of likely N-dealkylation sites (tertiary alicyclic amines) is 1. The van der Waals surface area contributed by atoms with Crippen LogP contribution < -0.4 is 15.4 Å². The molecule has 2 amide bonds. The summed E-state index contributed by atoms with van der Waals surface area (Å²) in [5, 5.41) is 2.21. The molecule has 4 aromatic rings. The number of primary amides is 1. The molecule has 10 nitrogen and oxygen atoms in total. The number of nitrogens with two attached hydrogens (primary N) is 1. The molecule has 2 saturated heterocycles. The summed E-state index contributed by atoms with van der Waals surface area (Å²) in [4.78, 5) is 43.3. The number of aromatic nitrogens is 3. The lowest BCUT2D eigenvalue weighted by atomic mass is 9.99. The maximum Gasteiger partial charge on any atom is 0.248 e. The maximum absolute atomic E-state index is 13.2. The second-order valence-corrected chi connectivity index (χ2v) is 10.4. The molecule has 1 atom stereocenters. The van der Waals surface area contributed by atoms with Gasteiger partial charge in [0.25, 0.3) is 0 Å². The van der Waals surface area contributed by atoms with Crippen molar-refractivity contribution in [1.82, 2.24) is 24.8 Å². The van der Waals surface area contributed by atoms with Gasteiger partial charge < -0.3 is 25.3 Å². The van der Waals surface area contributed by atoms with Gasteiger partial charge in [-0.1, -0.05) is 0 Å². The minimum Gasteiger partial charge on any atom is -0.493 e. The van der Waals surface area contributed by atoms with E-state index in [1.54, 1.807) is 24.3 Å². The van der Waals surface area contributed by atoms with Crippen LogP contribution in [0.25, 0.3) is 21.9 Å². The fraction of sp³-hybridized carbons (Fsp3) is 0.379. The molecule has 1 unspecified atom stereocenters. The molecule has 3 N–H and O–H groups in total. The number of H-pyrrole nitrogens is 1. The first-order valence-corrected chi connectivity index (χ1v) is 13.5. The summed E-state index contributed by atoms with van der Waals surface area (Å²) >= 11 is 0. The predicted molar refractivity (Wildman–Crippen MR) is 150 cm³/mol. The van der Waals surface area contributed by atoms with Gasteiger partial charge in [0, 0.05) is 79.6 Å². The Morgan fingerprint density at radius 3 is 2.64 bits per heavy atom. The zero-order chi connectivity index (χ0) is 26.8. The van der Waals surface area contributed by atoms with Crippen LogP contribution in [0.1, 0.15) is 23.2 Å². The number of ether oxygens (including phenoxy) is 1. The highest BCUT2D eigenvalue weighted by Crippen LogP contribution is 2.31. The van der Waals surface area contributed by atoms with Crippen LogP contribution in [-0.4, -0.2) is 89.0 Å². The summed E-state index contributed by atoms with van der Waals surface area (Å²) in [5.74, 6) is 0.728. The van der Waals surface area contributed by atoms with Crippen molar-refractivity contribution in [3.05, 3.63) is 60.6 Å². The van der Waals surface area contributed by atoms with Gasteiger partial charge in [-0.15, -0.1) is 0 Å². The van der Waals surface area contributed by atoms with Crippen LogP contribution >= 0.6 is 0 Å². The molecular weight excluding hydrogens is 494 g/mol. The number of nitrogens with zero attached hydrogens (tertiary/aromatic N) is 5. The zero-order valence-corrected chi connectivity index (χ0v) is 21.9. The van der Waals surface area contributed by atoms with Crippen molar-refractivity contribution in [2.45, 2.75) is 12.8 Å². The number of fused-ring (bicyclic) bond motifs is 3. The topological polar surface area (TPSA) is 121 Å². The molecule has 0 saturated carbocycles. The van der Waals surface area contributed by atoms with Gasteiger partial charge in [-0.2, -0.15) is 0 Å². The molecule has 0 aliphatic carbocycles. The van der Waals surface area contributed by atoms with E-state index in [2.05, 4.69) is 36.9 Å². The van der Waals surface area contributed by atoms with Crippen molar-refractivity contribution < 1.29 is 14.3 Å². The molecule has 39 heavy (non-hydrogen) atoms. The number of anilines is 1. The Bertz CT molecular complexity index is 1480. The standard InChI is InChI=1S/C29H33N7O3/c30-28(38)21-3-5-22(6-4-21)39-19-20-2-1-11-36(17-20)26(37)18-34-12-14-35(15-13-34)25-8-10-31-24-16-33-29-23(27(24)25)7-9-32-29/h3-10,16,20H,1-2,11-15,17-19H2,(H2,30,38)(H,32,33). The molecule has 0 bridgehead atoms. The van der Waals surface area contributed by atoms with Gasteiger partial charge in [0.1, 0.15) is 11.4 Å². The number of nitrogens with one attached hydrogen (secondary N) is 1. The average Bonchev–Trinajstić information content (AvgIpc) is 3.46. The molecule has 10 heteroatoms. The number of benzene rings is 1. The maximum atomic E-state index is 13.2. The fourth-order valence-electron chi connectivity index (χ4n) is 5.69. The Hall–Kier alpha value is -4.18. The molecular formula is C29H33N7O3. The van der Waals surface area contributed by atoms with Gasteiger partial charge in [-0.05, 0) is 49.2 Å². The second kappa shape index (κ2) is 10.9. The number of piperazine rings is 1. The summed E-state index contributed by atoms with van der Waals surface area (Å²) in [6.45, 7) is 5.86. The number of amides is 2. The van der Waals surface area contributed by atoms with Crippen molar-refractivity contribution >= 4 is 39.4 Å². The lowest BCUT2D eigenvalue weighted by Gasteiger charge is -2.38. The summed E-state index contributed by atoms with van der Waals surface area (Å²) < 4.78 is 5.95. The normalized spacial score (nSPS) is 18.5. The van der Waals surface area contributed by atoms with E-state index in [0.717, 1.165) is 67.5 Å². The number of carbonyl (C=O) groups excluding carboxylic acids is 2. The molecule has 2 fully saturated rings. The van der Waals surface area contributed by atoms with E-state index < -0.39 is 5.91 Å². The largest absolute Gasteiger partial charge is 0.493 e. The summed E-state index contributed by atoms with van der Waals surface area (Å²) in [7, 11) is 0. The van der Waals surface area contributed by atoms with Gasteiger partial charge in [0.2, 0.25) is 11.8 Å². The van der Waals surface area contributed by atoms with Crippen LogP contribution in [0.4, 0.5) is 5.69 Å². The van der Waals surface area contributed by atoms with Gasteiger partial charge in [0.15, 0.2) is 0 Å². The first kappa shape index (κ1) is 25.1. The second-order valence-electron chi connectivity index (χ2n) is 10.4. The van der Waals surface area contributed by atoms with E-state index >= 15 is 0 Å². The number of hydrogen-bond donors (Lipinski definition) is 2. The number of hydrogen-bond acceptors (Lipinski definition) is 7. The Labute approximate surface area is 226 Å². The minimum atomic E-state index is -0.453. The number of pyridine rings is 2. The number of aromatic amines is 1. The van der Waals surface area contributed by atoms with Crippen LogP contribution in [0.5, 0.6) is 5.75 Å². The van der Waals surface area contributed by atoms with Gasteiger partial charge in [0.05, 0.1) is 24.9 Å². The summed E-state index contributed by atoms with van der Waals surface area (Å²) in [6, 6.07) is 11.0. The van der Waals surface area contributed by atoms with Crippen molar-refractivity contribution in [1.29, 1.82) is 0 Å². The summed E-state index contributed by atoms with van der Waals surface area (Å²) in [5.41, 5.74) is 8.69. The highest BCUT2D eigenvalue weighted by atomic mass is 16.5. The van der Waals surface area contributed by atoms with Crippen molar-refractivity contribution in [2.24, 2.45) is 11.7 Å². The lowest BCUT2D eigenvalue weighted by Crippen LogP contribution is -2.51. The zero-order valence-electron chi connectivity index (χ0n) is 21.9. The average molecular weight is 528 g/mol. The Kier molecular flexibility index (Phi) is 7.02. The minimum absolute atomic E-state index is 0.188. The molecule has 3 aromatic heterocycles. The molecule has 5 heterocycles. The van der Waals surface area contributed by atoms with Crippen molar-refractivity contribution in [3.63, 3.8) is 0 Å². The van der Waals surface area contributed by atoms with E-state index in [-0.39, 0.29) is 11.8 Å². The lowest BCUT2D eigenvalue weighted by molar-refractivity contribution is -0.134. The SMILES string of the molecule is NC(=O)c1ccc(OCC2CCCN(C(=O)CN3CCN(c4ccnc5cnc6[nH]ccc6c45)CC3)C2)cc1. The van der Waals surface area contributed by atoms with E-state index in [0.29, 0.717) is 31.0 Å². The van der Waals surface area contributed by atoms with Crippen molar-refractivity contribution in [3.8, 4) is 5.75 Å². The fourth-order valence-corrected chi connectivity index (χ4v) is 5.69. The Balaban J connectivity index is 1.02. The number of piperidine rings is 1. The highest BCUT2D eigenvalue weighted by molar-refractivity contribution is 6.10. The van der Waals surface area contributed by atoms with E-state index in [1.165, 1.54) is 5.69 Å². The third kappa shape index (κ3) is 5.37. The predicted octanol–water partition coefficient (Wildman–Crippen LogP) is 2.65. The van der Waals surface area contributed by atoms with E-state index in [1.807, 2.05) is 23.5 Å². The number of carbonyl (C=O) groups is 2. The summed E-state index contributed by atoms with van der Waals surface area (Å²) in [6.07, 6.45) is 7.60. The van der Waals surface area contributed by atoms with Crippen LogP contribution in [0.3, 0.4) is 0 Å². The molecule has 2 aliphatic rings. The smallest absolute Gasteiger partial charge is 0.248 e. The third-order valence-corrected chi connectivity index (χ3v) is 7.84. The van der Waals surface area contributed by atoms with Gasteiger partial charge in [-0.3, -0.25) is 19.5 Å². The first-order valence-electron chi connectivity index (χ1n) is 13.5. The third-order valence-electron chi connectivity index (χ3n) is 7.84. The molecule has 6 rings (SSSR count). The molecule has 1 aromatic carbocycles. The highest BCUT2D eigenvalue weighted by Gasteiger charge is 2.27. The Morgan fingerprint density at radius 1 is 1.03 bits per heavy atom. The van der Waals surface area contributed by atoms with Crippen molar-refractivity contribution in [2.75, 3.05) is 57.3 Å². The molecule has 2 aliphatic heterocycles. The van der Waals surface area contributed by atoms with E-state index in [9.17, 15) is 9.59 Å². The molecule has 202 valence electrons.